The number of anilines is 1. The normalized spacial score (nSPS) is 16.8. The van der Waals surface area contributed by atoms with Crippen LogP contribution in [-0.4, -0.2) is 21.8 Å². The summed E-state index contributed by atoms with van der Waals surface area (Å²) in [6, 6.07) is 24.2. The van der Waals surface area contributed by atoms with Crippen LogP contribution in [0.1, 0.15) is 22.7 Å². The van der Waals surface area contributed by atoms with Crippen LogP contribution in [0.15, 0.2) is 107 Å². The third-order valence-electron chi connectivity index (χ3n) is 5.90. The molecule has 0 saturated carbocycles. The molecule has 1 fully saturated rings. The maximum absolute atomic E-state index is 13.3. The van der Waals surface area contributed by atoms with Crippen molar-refractivity contribution in [1.82, 2.24) is 4.98 Å². The molecule has 0 radical (unpaired) electrons. The average Bonchev–Trinajstić information content (AvgIpc) is 3.15. The number of ether oxygens (including phenoxy) is 1. The molecule has 1 atom stereocenters. The first-order chi connectivity index (χ1) is 17.4. The summed E-state index contributed by atoms with van der Waals surface area (Å²) in [5.41, 5.74) is 2.63. The van der Waals surface area contributed by atoms with Crippen LogP contribution >= 0.6 is 15.9 Å². The number of ketones is 1. The van der Waals surface area contributed by atoms with E-state index in [4.69, 9.17) is 4.74 Å². The molecular formula is C29H21BrN2O4. The summed E-state index contributed by atoms with van der Waals surface area (Å²) in [5, 5.41) is 11.2. The summed E-state index contributed by atoms with van der Waals surface area (Å²) in [4.78, 5) is 32.1. The molecule has 178 valence electrons. The van der Waals surface area contributed by atoms with Gasteiger partial charge < -0.3 is 9.84 Å². The summed E-state index contributed by atoms with van der Waals surface area (Å²) in [6.45, 7) is 1.99. The fourth-order valence-corrected chi connectivity index (χ4v) is 4.47. The molecule has 4 aromatic rings. The number of benzene rings is 3. The van der Waals surface area contributed by atoms with Gasteiger partial charge in [0, 0.05) is 28.1 Å². The molecule has 1 amide bonds. The molecule has 1 aliphatic heterocycles. The molecule has 6 nitrogen and oxygen atoms in total. The second-order valence-electron chi connectivity index (χ2n) is 8.37. The van der Waals surface area contributed by atoms with Crippen molar-refractivity contribution in [3.63, 3.8) is 0 Å². The van der Waals surface area contributed by atoms with Crippen molar-refractivity contribution in [2.75, 3.05) is 4.90 Å². The zero-order valence-electron chi connectivity index (χ0n) is 19.3. The predicted molar refractivity (Wildman–Crippen MR) is 141 cm³/mol. The smallest absolute Gasteiger partial charge is 0.300 e. The van der Waals surface area contributed by atoms with E-state index in [1.165, 1.54) is 4.90 Å². The van der Waals surface area contributed by atoms with E-state index in [1.54, 1.807) is 73.1 Å². The molecule has 0 aliphatic carbocycles. The average molecular weight is 541 g/mol. The number of pyridine rings is 1. The van der Waals surface area contributed by atoms with Gasteiger partial charge in [0.15, 0.2) is 0 Å². The molecule has 1 saturated heterocycles. The number of nitrogens with zero attached hydrogens (tertiary/aromatic N) is 2. The molecule has 1 aliphatic rings. The van der Waals surface area contributed by atoms with Crippen LogP contribution in [0.2, 0.25) is 0 Å². The van der Waals surface area contributed by atoms with E-state index in [2.05, 4.69) is 20.9 Å². The van der Waals surface area contributed by atoms with Gasteiger partial charge in [0.1, 0.15) is 17.3 Å². The highest BCUT2D eigenvalue weighted by molar-refractivity contribution is 9.10. The SMILES string of the molecule is Cc1cccc(Oc2ccc(N3C(=O)C(=O)/C(=C(\O)c4ccc(Br)cc4)C3c3cccnc3)cc2)c1. The number of rotatable bonds is 5. The van der Waals surface area contributed by atoms with Crippen molar-refractivity contribution >= 4 is 39.1 Å². The molecule has 5 rings (SSSR count). The number of amides is 1. The highest BCUT2D eigenvalue weighted by Crippen LogP contribution is 2.42. The van der Waals surface area contributed by atoms with Crippen molar-refractivity contribution in [3.8, 4) is 11.5 Å². The van der Waals surface area contributed by atoms with Crippen molar-refractivity contribution in [3.05, 3.63) is 124 Å². The third kappa shape index (κ3) is 4.53. The quantitative estimate of drug-likeness (QED) is 0.176. The Labute approximate surface area is 216 Å². The Kier molecular flexibility index (Phi) is 6.40. The van der Waals surface area contributed by atoms with E-state index in [-0.39, 0.29) is 11.3 Å². The molecule has 3 aromatic carbocycles. The predicted octanol–water partition coefficient (Wildman–Crippen LogP) is 6.57. The number of aromatic nitrogens is 1. The fourth-order valence-electron chi connectivity index (χ4n) is 4.20. The summed E-state index contributed by atoms with van der Waals surface area (Å²) < 4.78 is 6.76. The van der Waals surface area contributed by atoms with E-state index < -0.39 is 17.7 Å². The van der Waals surface area contributed by atoms with E-state index in [9.17, 15) is 14.7 Å². The van der Waals surface area contributed by atoms with Crippen LogP contribution in [0, 0.1) is 6.92 Å². The zero-order chi connectivity index (χ0) is 25.2. The van der Waals surface area contributed by atoms with Crippen LogP contribution in [0.3, 0.4) is 0 Å². The number of aliphatic hydroxyl groups is 1. The molecule has 1 unspecified atom stereocenters. The van der Waals surface area contributed by atoms with Gasteiger partial charge in [-0.15, -0.1) is 0 Å². The van der Waals surface area contributed by atoms with Gasteiger partial charge in [-0.25, -0.2) is 0 Å². The number of carbonyl (C=O) groups excluding carboxylic acids is 2. The maximum atomic E-state index is 13.3. The Balaban J connectivity index is 1.56. The number of aliphatic hydroxyl groups excluding tert-OH is 1. The van der Waals surface area contributed by atoms with Crippen LogP contribution in [0.5, 0.6) is 11.5 Å². The van der Waals surface area contributed by atoms with Gasteiger partial charge in [-0.2, -0.15) is 0 Å². The zero-order valence-corrected chi connectivity index (χ0v) is 20.8. The minimum Gasteiger partial charge on any atom is -0.507 e. The topological polar surface area (TPSA) is 79.7 Å². The minimum atomic E-state index is -0.842. The molecule has 1 aromatic heterocycles. The second kappa shape index (κ2) is 9.79. The highest BCUT2D eigenvalue weighted by atomic mass is 79.9. The van der Waals surface area contributed by atoms with Crippen molar-refractivity contribution in [2.45, 2.75) is 13.0 Å². The van der Waals surface area contributed by atoms with E-state index in [0.29, 0.717) is 28.3 Å². The molecule has 36 heavy (non-hydrogen) atoms. The first-order valence-electron chi connectivity index (χ1n) is 11.2. The molecule has 0 bridgehead atoms. The number of hydrogen-bond acceptors (Lipinski definition) is 5. The van der Waals surface area contributed by atoms with Crippen LogP contribution in [-0.2, 0) is 9.59 Å². The van der Waals surface area contributed by atoms with E-state index in [1.807, 2.05) is 31.2 Å². The van der Waals surface area contributed by atoms with Gasteiger partial charge >= 0.3 is 0 Å². The number of Topliss-reactive ketones (excluding diaryl/α,β-unsaturated/α-hetero) is 1. The third-order valence-corrected chi connectivity index (χ3v) is 6.43. The number of aryl methyl sites for hydroxylation is 1. The van der Waals surface area contributed by atoms with Crippen LogP contribution < -0.4 is 9.64 Å². The highest BCUT2D eigenvalue weighted by Gasteiger charge is 2.47. The number of hydrogen-bond donors (Lipinski definition) is 1. The van der Waals surface area contributed by atoms with Gasteiger partial charge in [0.2, 0.25) is 0 Å². The van der Waals surface area contributed by atoms with Gasteiger partial charge in [-0.05, 0) is 72.6 Å². The number of carbonyl (C=O) groups is 2. The molecule has 1 N–H and O–H groups in total. The Morgan fingerprint density at radius 3 is 2.36 bits per heavy atom. The summed E-state index contributed by atoms with van der Waals surface area (Å²) in [7, 11) is 0. The lowest BCUT2D eigenvalue weighted by Crippen LogP contribution is -2.29. The van der Waals surface area contributed by atoms with Crippen molar-refractivity contribution in [1.29, 1.82) is 0 Å². The monoisotopic (exact) mass is 540 g/mol. The molecule has 7 heteroatoms. The summed E-state index contributed by atoms with van der Waals surface area (Å²) in [5.74, 6) is -0.433. The fraction of sp³-hybridized carbons (Fsp3) is 0.0690. The van der Waals surface area contributed by atoms with E-state index >= 15 is 0 Å². The van der Waals surface area contributed by atoms with Gasteiger partial charge in [-0.3, -0.25) is 19.5 Å². The van der Waals surface area contributed by atoms with Crippen molar-refractivity contribution in [2.24, 2.45) is 0 Å². The maximum Gasteiger partial charge on any atom is 0.300 e. The molecule has 0 spiro atoms. The Bertz CT molecular complexity index is 1470. The van der Waals surface area contributed by atoms with Gasteiger partial charge in [0.25, 0.3) is 11.7 Å². The Hall–Kier alpha value is -4.23. The lowest BCUT2D eigenvalue weighted by atomic mass is 9.96. The van der Waals surface area contributed by atoms with Gasteiger partial charge in [0.05, 0.1) is 11.6 Å². The molecule has 2 heterocycles. The number of halogens is 1. The van der Waals surface area contributed by atoms with Gasteiger partial charge in [-0.1, -0.05) is 46.3 Å². The summed E-state index contributed by atoms with van der Waals surface area (Å²) >= 11 is 3.37. The summed E-state index contributed by atoms with van der Waals surface area (Å²) in [6.07, 6.45) is 3.20. The first kappa shape index (κ1) is 23.5. The minimum absolute atomic E-state index is 0.00964. The lowest BCUT2D eigenvalue weighted by Gasteiger charge is -2.25. The Morgan fingerprint density at radius 2 is 1.69 bits per heavy atom. The lowest BCUT2D eigenvalue weighted by molar-refractivity contribution is -0.132. The standard InChI is InChI=1S/C29H21BrN2O4/c1-18-4-2-6-24(16-18)36-23-13-11-22(12-14-23)32-26(20-5-3-15-31-17-20)25(28(34)29(32)35)27(33)19-7-9-21(30)10-8-19/h2-17,26,33H,1H3/b27-25-. The van der Waals surface area contributed by atoms with Crippen LogP contribution in [0.4, 0.5) is 5.69 Å². The Morgan fingerprint density at radius 1 is 0.944 bits per heavy atom. The van der Waals surface area contributed by atoms with Crippen LogP contribution in [0.25, 0.3) is 5.76 Å². The second-order valence-corrected chi connectivity index (χ2v) is 9.29. The van der Waals surface area contributed by atoms with E-state index in [0.717, 1.165) is 10.0 Å². The first-order valence-corrected chi connectivity index (χ1v) is 12.0. The molecular weight excluding hydrogens is 520 g/mol. The largest absolute Gasteiger partial charge is 0.507 e. The van der Waals surface area contributed by atoms with Crippen molar-refractivity contribution < 1.29 is 19.4 Å².